The number of hydrogen-bond donors (Lipinski definition) is 1. The van der Waals surface area contributed by atoms with Gasteiger partial charge in [-0.1, -0.05) is 12.5 Å². The summed E-state index contributed by atoms with van der Waals surface area (Å²) in [6, 6.07) is 0. The zero-order valence-corrected chi connectivity index (χ0v) is 10.9. The number of cyclic esters (lactones) is 1. The molecule has 96 valence electrons. The van der Waals surface area contributed by atoms with Crippen LogP contribution in [0.15, 0.2) is 12.2 Å². The van der Waals surface area contributed by atoms with Crippen molar-refractivity contribution >= 4 is 5.97 Å². The summed E-state index contributed by atoms with van der Waals surface area (Å²) in [4.78, 5) is 11.9. The first-order valence-corrected chi connectivity index (χ1v) is 6.41. The van der Waals surface area contributed by atoms with Crippen LogP contribution < -0.4 is 0 Å². The number of ether oxygens (including phenoxy) is 1. The lowest BCUT2D eigenvalue weighted by molar-refractivity contribution is -0.161. The van der Waals surface area contributed by atoms with Crippen molar-refractivity contribution in [3.05, 3.63) is 12.2 Å². The second-order valence-corrected chi connectivity index (χ2v) is 5.97. The second-order valence-electron chi connectivity index (χ2n) is 5.97. The number of rotatable bonds is 3. The van der Waals surface area contributed by atoms with Crippen molar-refractivity contribution in [2.45, 2.75) is 51.7 Å². The van der Waals surface area contributed by atoms with E-state index in [1.165, 1.54) is 0 Å². The molecule has 1 saturated carbocycles. The summed E-state index contributed by atoms with van der Waals surface area (Å²) >= 11 is 0. The standard InChI is InChI=1S/C14H22O3/c1-8(2)7-11(15)14(4)10-6-5-9(3)12(10)13(16)17-14/h9-12,15H,1,5-7H2,2-4H3/t9?,10-,11?,12+,14?/m1/s1. The van der Waals surface area contributed by atoms with Gasteiger partial charge >= 0.3 is 5.97 Å². The maximum Gasteiger partial charge on any atom is 0.310 e. The van der Waals surface area contributed by atoms with Crippen LogP contribution in [0, 0.1) is 17.8 Å². The Kier molecular flexibility index (Phi) is 3.06. The van der Waals surface area contributed by atoms with E-state index >= 15 is 0 Å². The average molecular weight is 238 g/mol. The molecule has 0 radical (unpaired) electrons. The molecule has 17 heavy (non-hydrogen) atoms. The molecule has 2 fully saturated rings. The number of carbonyl (C=O) groups is 1. The van der Waals surface area contributed by atoms with Crippen molar-refractivity contribution in [3.8, 4) is 0 Å². The molecule has 5 atom stereocenters. The van der Waals surface area contributed by atoms with Gasteiger partial charge in [0.1, 0.15) is 5.60 Å². The van der Waals surface area contributed by atoms with Crippen LogP contribution in [0.4, 0.5) is 0 Å². The van der Waals surface area contributed by atoms with Gasteiger partial charge in [-0.15, -0.1) is 6.58 Å². The minimum Gasteiger partial charge on any atom is -0.456 e. The first-order chi connectivity index (χ1) is 7.86. The Morgan fingerprint density at radius 2 is 2.29 bits per heavy atom. The predicted molar refractivity (Wildman–Crippen MR) is 65.3 cm³/mol. The highest BCUT2D eigenvalue weighted by Gasteiger charge is 2.59. The monoisotopic (exact) mass is 238 g/mol. The fourth-order valence-electron chi connectivity index (χ4n) is 3.45. The molecule has 0 aromatic heterocycles. The third kappa shape index (κ3) is 1.90. The molecular weight excluding hydrogens is 216 g/mol. The normalized spacial score (nSPS) is 42.1. The minimum atomic E-state index is -0.717. The van der Waals surface area contributed by atoms with E-state index in [0.717, 1.165) is 18.4 Å². The highest BCUT2D eigenvalue weighted by Crippen LogP contribution is 2.51. The molecule has 0 aromatic rings. The molecule has 2 aliphatic rings. The summed E-state index contributed by atoms with van der Waals surface area (Å²) in [5.74, 6) is 0.411. The van der Waals surface area contributed by atoms with E-state index < -0.39 is 11.7 Å². The number of hydrogen-bond acceptors (Lipinski definition) is 3. The molecule has 3 nitrogen and oxygen atoms in total. The van der Waals surface area contributed by atoms with Gasteiger partial charge < -0.3 is 9.84 Å². The van der Waals surface area contributed by atoms with Gasteiger partial charge in [0.2, 0.25) is 0 Å². The van der Waals surface area contributed by atoms with E-state index in [1.807, 2.05) is 13.8 Å². The quantitative estimate of drug-likeness (QED) is 0.606. The second kappa shape index (κ2) is 4.13. The molecule has 3 heteroatoms. The molecular formula is C14H22O3. The molecule has 1 N–H and O–H groups in total. The van der Waals surface area contributed by atoms with Gasteiger partial charge in [0, 0.05) is 5.92 Å². The van der Waals surface area contributed by atoms with Crippen LogP contribution in [0.2, 0.25) is 0 Å². The van der Waals surface area contributed by atoms with Crippen molar-refractivity contribution < 1.29 is 14.6 Å². The van der Waals surface area contributed by atoms with Crippen molar-refractivity contribution in [3.63, 3.8) is 0 Å². The Bertz CT molecular complexity index is 349. The molecule has 0 aromatic carbocycles. The molecule has 1 heterocycles. The Hall–Kier alpha value is -0.830. The largest absolute Gasteiger partial charge is 0.456 e. The Labute approximate surface area is 103 Å². The number of esters is 1. The summed E-state index contributed by atoms with van der Waals surface area (Å²) in [6.45, 7) is 9.68. The number of aliphatic hydroxyl groups excluding tert-OH is 1. The third-order valence-corrected chi connectivity index (χ3v) is 4.51. The van der Waals surface area contributed by atoms with Crippen LogP contribution in [0.1, 0.15) is 40.0 Å². The highest BCUT2D eigenvalue weighted by molar-refractivity contribution is 5.77. The van der Waals surface area contributed by atoms with Crippen LogP contribution in [0.25, 0.3) is 0 Å². The molecule has 0 amide bonds. The van der Waals surface area contributed by atoms with Crippen molar-refractivity contribution in [2.24, 2.45) is 17.8 Å². The maximum absolute atomic E-state index is 11.9. The summed E-state index contributed by atoms with van der Waals surface area (Å²) in [5.41, 5.74) is 0.204. The van der Waals surface area contributed by atoms with Crippen LogP contribution in [-0.2, 0) is 9.53 Å². The van der Waals surface area contributed by atoms with Gasteiger partial charge in [0.05, 0.1) is 12.0 Å². The van der Waals surface area contributed by atoms with Crippen LogP contribution in [0.3, 0.4) is 0 Å². The van der Waals surface area contributed by atoms with Crippen molar-refractivity contribution in [1.82, 2.24) is 0 Å². The van der Waals surface area contributed by atoms with Gasteiger partial charge in [0.15, 0.2) is 0 Å². The highest BCUT2D eigenvalue weighted by atomic mass is 16.6. The smallest absolute Gasteiger partial charge is 0.310 e. The van der Waals surface area contributed by atoms with E-state index in [2.05, 4.69) is 13.5 Å². The summed E-state index contributed by atoms with van der Waals surface area (Å²) < 4.78 is 5.52. The van der Waals surface area contributed by atoms with Crippen molar-refractivity contribution in [2.75, 3.05) is 0 Å². The van der Waals surface area contributed by atoms with E-state index in [4.69, 9.17) is 4.74 Å². The Balaban J connectivity index is 2.21. The lowest BCUT2D eigenvalue weighted by atomic mass is 9.77. The third-order valence-electron chi connectivity index (χ3n) is 4.51. The number of fused-ring (bicyclic) bond motifs is 1. The van der Waals surface area contributed by atoms with Gasteiger partial charge in [-0.3, -0.25) is 4.79 Å². The molecule has 1 saturated heterocycles. The molecule has 3 unspecified atom stereocenters. The molecule has 1 aliphatic heterocycles. The SMILES string of the molecule is C=C(C)CC(O)C1(C)OC(=O)[C@H]2C(C)CC[C@H]21. The molecule has 0 bridgehead atoms. The molecule has 1 aliphatic carbocycles. The van der Waals surface area contributed by atoms with Crippen LogP contribution in [-0.4, -0.2) is 22.8 Å². The summed E-state index contributed by atoms with van der Waals surface area (Å²) in [7, 11) is 0. The minimum absolute atomic E-state index is 0.0141. The van der Waals surface area contributed by atoms with Gasteiger partial charge in [-0.2, -0.15) is 0 Å². The predicted octanol–water partition coefficient (Wildman–Crippen LogP) is 2.29. The fraction of sp³-hybridized carbons (Fsp3) is 0.786. The first-order valence-electron chi connectivity index (χ1n) is 6.41. The van der Waals surface area contributed by atoms with Gasteiger partial charge in [0.25, 0.3) is 0 Å². The van der Waals surface area contributed by atoms with E-state index in [1.54, 1.807) is 0 Å². The van der Waals surface area contributed by atoms with E-state index in [9.17, 15) is 9.90 Å². The van der Waals surface area contributed by atoms with E-state index in [-0.39, 0.29) is 17.8 Å². The first kappa shape index (κ1) is 12.6. The zero-order chi connectivity index (χ0) is 12.8. The number of carbonyl (C=O) groups excluding carboxylic acids is 1. The lowest BCUT2D eigenvalue weighted by Gasteiger charge is -2.33. The van der Waals surface area contributed by atoms with Crippen LogP contribution in [0.5, 0.6) is 0 Å². The summed E-state index contributed by atoms with van der Waals surface area (Å²) in [6.07, 6.45) is 1.90. The topological polar surface area (TPSA) is 46.5 Å². The Morgan fingerprint density at radius 3 is 2.88 bits per heavy atom. The molecule has 2 rings (SSSR count). The fourth-order valence-corrected chi connectivity index (χ4v) is 3.45. The average Bonchev–Trinajstić information content (AvgIpc) is 2.69. The number of aliphatic hydroxyl groups is 1. The van der Waals surface area contributed by atoms with Crippen molar-refractivity contribution in [1.29, 1.82) is 0 Å². The molecule has 0 spiro atoms. The lowest BCUT2D eigenvalue weighted by Crippen LogP contribution is -2.44. The zero-order valence-electron chi connectivity index (χ0n) is 10.9. The van der Waals surface area contributed by atoms with Gasteiger partial charge in [-0.05, 0) is 39.0 Å². The Morgan fingerprint density at radius 1 is 1.65 bits per heavy atom. The van der Waals surface area contributed by atoms with E-state index in [0.29, 0.717) is 12.3 Å². The summed E-state index contributed by atoms with van der Waals surface area (Å²) in [5, 5.41) is 10.3. The van der Waals surface area contributed by atoms with Gasteiger partial charge in [-0.25, -0.2) is 0 Å². The maximum atomic E-state index is 11.9. The van der Waals surface area contributed by atoms with Crippen LogP contribution >= 0.6 is 0 Å².